The average molecular weight is 450 g/mol. The third kappa shape index (κ3) is 4.81. The number of fused-ring (bicyclic) bond motifs is 1. The lowest BCUT2D eigenvalue weighted by Gasteiger charge is -2.11. The van der Waals surface area contributed by atoms with Gasteiger partial charge >= 0.3 is 0 Å². The fourth-order valence-corrected chi connectivity index (χ4v) is 3.49. The fraction of sp³-hybridized carbons (Fsp3) is 0. The van der Waals surface area contributed by atoms with Crippen LogP contribution in [0.1, 0.15) is 10.5 Å². The van der Waals surface area contributed by atoms with Crippen molar-refractivity contribution in [3.05, 3.63) is 109 Å². The van der Waals surface area contributed by atoms with Crippen LogP contribution in [0.5, 0.6) is 0 Å². The summed E-state index contributed by atoms with van der Waals surface area (Å²) in [6.45, 7) is 0. The van der Waals surface area contributed by atoms with Crippen molar-refractivity contribution < 1.29 is 9.18 Å². The van der Waals surface area contributed by atoms with Crippen LogP contribution in [0.3, 0.4) is 0 Å². The van der Waals surface area contributed by atoms with E-state index in [2.05, 4.69) is 30.9 Å². The molecule has 0 radical (unpaired) electrons. The van der Waals surface area contributed by atoms with Crippen molar-refractivity contribution in [3.8, 4) is 0 Å². The summed E-state index contributed by atoms with van der Waals surface area (Å²) in [7, 11) is 0. The summed E-state index contributed by atoms with van der Waals surface area (Å²) < 4.78 is 13.8. The number of pyridine rings is 3. The third-order valence-electron chi connectivity index (χ3n) is 5.06. The molecule has 7 nitrogen and oxygen atoms in total. The van der Waals surface area contributed by atoms with Crippen molar-refractivity contribution in [2.24, 2.45) is 0 Å². The number of nitrogens with zero attached hydrogens (tertiary/aromatic N) is 3. The molecule has 0 saturated carbocycles. The largest absolute Gasteiger partial charge is 0.355 e. The molecule has 34 heavy (non-hydrogen) atoms. The predicted octanol–water partition coefficient (Wildman–Crippen LogP) is 5.90. The highest BCUT2D eigenvalue weighted by atomic mass is 19.1. The molecule has 0 atom stereocenters. The maximum Gasteiger partial charge on any atom is 0.274 e. The van der Waals surface area contributed by atoms with E-state index in [4.69, 9.17) is 0 Å². The maximum atomic E-state index is 13.8. The fourth-order valence-electron chi connectivity index (χ4n) is 3.49. The van der Waals surface area contributed by atoms with Crippen LogP contribution in [-0.2, 0) is 0 Å². The minimum absolute atomic E-state index is 0.238. The van der Waals surface area contributed by atoms with Crippen LogP contribution in [0.25, 0.3) is 10.9 Å². The van der Waals surface area contributed by atoms with Crippen LogP contribution in [0.2, 0.25) is 0 Å². The quantitative estimate of drug-likeness (QED) is 0.298. The minimum atomic E-state index is -0.352. The number of aromatic nitrogens is 3. The van der Waals surface area contributed by atoms with Crippen LogP contribution in [-0.4, -0.2) is 20.9 Å². The number of rotatable bonds is 6. The molecule has 5 rings (SSSR count). The van der Waals surface area contributed by atoms with Gasteiger partial charge in [0.05, 0.1) is 5.52 Å². The second-order valence-electron chi connectivity index (χ2n) is 7.47. The Hall–Kier alpha value is -4.85. The lowest BCUT2D eigenvalue weighted by atomic mass is 10.1. The molecule has 2 aromatic carbocycles. The lowest BCUT2D eigenvalue weighted by Crippen LogP contribution is -2.14. The summed E-state index contributed by atoms with van der Waals surface area (Å²) in [5.74, 6) is -0.700. The number of hydrogen-bond acceptors (Lipinski definition) is 6. The molecule has 0 aliphatic carbocycles. The molecule has 0 aliphatic heterocycles. The minimum Gasteiger partial charge on any atom is -0.355 e. The standard InChI is InChI=1S/C26H19FN6O/c27-17-4-5-23-22(14-17)24(9-13-29-23)32-21-8-12-30-25(16-21)26(34)33-20-3-1-2-19(15-20)31-18-6-10-28-11-7-18/h1-16H,(H,28,31)(H,33,34)(H,29,30,32). The summed E-state index contributed by atoms with van der Waals surface area (Å²) in [5.41, 5.74) is 4.56. The number of carbonyl (C=O) groups is 1. The van der Waals surface area contributed by atoms with E-state index in [9.17, 15) is 9.18 Å². The molecule has 0 aliphatic rings. The van der Waals surface area contributed by atoms with Gasteiger partial charge in [-0.15, -0.1) is 0 Å². The van der Waals surface area contributed by atoms with Gasteiger partial charge < -0.3 is 16.0 Å². The Balaban J connectivity index is 1.33. The summed E-state index contributed by atoms with van der Waals surface area (Å²) in [6, 6.07) is 20.6. The van der Waals surface area contributed by atoms with Crippen molar-refractivity contribution in [1.29, 1.82) is 0 Å². The Labute approximate surface area is 194 Å². The van der Waals surface area contributed by atoms with Gasteiger partial charge in [-0.05, 0) is 66.7 Å². The Kier molecular flexibility index (Phi) is 5.77. The molecular formula is C26H19FN6O. The van der Waals surface area contributed by atoms with E-state index in [-0.39, 0.29) is 17.4 Å². The zero-order chi connectivity index (χ0) is 23.3. The number of amides is 1. The Morgan fingerprint density at radius 2 is 1.47 bits per heavy atom. The summed E-state index contributed by atoms with van der Waals surface area (Å²) in [6.07, 6.45) is 6.59. The Morgan fingerprint density at radius 3 is 2.35 bits per heavy atom. The summed E-state index contributed by atoms with van der Waals surface area (Å²) >= 11 is 0. The smallest absolute Gasteiger partial charge is 0.274 e. The first-order valence-corrected chi connectivity index (χ1v) is 10.5. The van der Waals surface area contributed by atoms with Gasteiger partial charge in [-0.25, -0.2) is 4.39 Å². The van der Waals surface area contributed by atoms with E-state index in [0.717, 1.165) is 11.4 Å². The number of nitrogens with one attached hydrogen (secondary N) is 3. The normalized spacial score (nSPS) is 10.6. The van der Waals surface area contributed by atoms with Crippen LogP contribution < -0.4 is 16.0 Å². The molecule has 8 heteroatoms. The highest BCUT2D eigenvalue weighted by Crippen LogP contribution is 2.26. The number of halogens is 1. The molecule has 1 amide bonds. The molecular weight excluding hydrogens is 431 g/mol. The van der Waals surface area contributed by atoms with E-state index < -0.39 is 0 Å². The highest BCUT2D eigenvalue weighted by Gasteiger charge is 2.10. The van der Waals surface area contributed by atoms with Gasteiger partial charge in [0, 0.05) is 58.6 Å². The molecule has 3 heterocycles. The van der Waals surface area contributed by atoms with Crippen LogP contribution >= 0.6 is 0 Å². The first-order valence-electron chi connectivity index (χ1n) is 10.5. The van der Waals surface area contributed by atoms with Crippen molar-refractivity contribution >= 4 is 45.2 Å². The van der Waals surface area contributed by atoms with E-state index in [1.54, 1.807) is 55.1 Å². The topological polar surface area (TPSA) is 91.8 Å². The van der Waals surface area contributed by atoms with Crippen molar-refractivity contribution in [2.45, 2.75) is 0 Å². The van der Waals surface area contributed by atoms with Gasteiger partial charge in [-0.1, -0.05) is 6.07 Å². The van der Waals surface area contributed by atoms with Gasteiger partial charge in [0.2, 0.25) is 0 Å². The lowest BCUT2D eigenvalue weighted by molar-refractivity contribution is 0.102. The van der Waals surface area contributed by atoms with Gasteiger partial charge in [-0.3, -0.25) is 19.7 Å². The monoisotopic (exact) mass is 450 g/mol. The van der Waals surface area contributed by atoms with Crippen molar-refractivity contribution in [2.75, 3.05) is 16.0 Å². The van der Waals surface area contributed by atoms with Crippen molar-refractivity contribution in [1.82, 2.24) is 15.0 Å². The van der Waals surface area contributed by atoms with Gasteiger partial charge in [-0.2, -0.15) is 0 Å². The number of anilines is 5. The molecule has 0 bridgehead atoms. The second kappa shape index (κ2) is 9.33. The Morgan fingerprint density at radius 1 is 0.706 bits per heavy atom. The van der Waals surface area contributed by atoms with Gasteiger partial charge in [0.25, 0.3) is 5.91 Å². The van der Waals surface area contributed by atoms with Crippen molar-refractivity contribution in [3.63, 3.8) is 0 Å². The van der Waals surface area contributed by atoms with E-state index in [0.29, 0.717) is 28.0 Å². The predicted molar refractivity (Wildman–Crippen MR) is 131 cm³/mol. The first-order chi connectivity index (χ1) is 16.6. The number of hydrogen-bond donors (Lipinski definition) is 3. The van der Waals surface area contributed by atoms with Gasteiger partial charge in [0.1, 0.15) is 11.5 Å². The summed E-state index contributed by atoms with van der Waals surface area (Å²) in [4.78, 5) is 25.3. The second-order valence-corrected chi connectivity index (χ2v) is 7.47. The number of carbonyl (C=O) groups excluding carboxylic acids is 1. The van der Waals surface area contributed by atoms with Crippen LogP contribution in [0.15, 0.2) is 97.6 Å². The van der Waals surface area contributed by atoms with Crippen LogP contribution in [0.4, 0.5) is 32.8 Å². The molecule has 0 unspecified atom stereocenters. The SMILES string of the molecule is O=C(Nc1cccc(Nc2ccncc2)c1)c1cc(Nc2ccnc3ccc(F)cc23)ccn1. The zero-order valence-electron chi connectivity index (χ0n) is 17.9. The third-order valence-corrected chi connectivity index (χ3v) is 5.06. The molecule has 0 saturated heterocycles. The van der Waals surface area contributed by atoms with E-state index >= 15 is 0 Å². The maximum absolute atomic E-state index is 13.8. The Bertz CT molecular complexity index is 1480. The molecule has 3 aromatic heterocycles. The first kappa shape index (κ1) is 21.0. The van der Waals surface area contributed by atoms with E-state index in [1.807, 2.05) is 30.3 Å². The van der Waals surface area contributed by atoms with E-state index in [1.165, 1.54) is 12.1 Å². The molecule has 0 spiro atoms. The zero-order valence-corrected chi connectivity index (χ0v) is 17.9. The molecule has 3 N–H and O–H groups in total. The summed E-state index contributed by atoms with van der Waals surface area (Å²) in [5, 5.41) is 10.0. The van der Waals surface area contributed by atoms with Gasteiger partial charge in [0.15, 0.2) is 0 Å². The average Bonchev–Trinajstić information content (AvgIpc) is 2.85. The van der Waals surface area contributed by atoms with Crippen LogP contribution in [0, 0.1) is 5.82 Å². The molecule has 5 aromatic rings. The number of benzene rings is 2. The molecule has 166 valence electrons. The highest BCUT2D eigenvalue weighted by molar-refractivity contribution is 6.04. The molecule has 0 fully saturated rings.